The maximum absolute atomic E-state index is 6.16. The summed E-state index contributed by atoms with van der Waals surface area (Å²) >= 11 is 13.1. The molecule has 0 fully saturated rings. The summed E-state index contributed by atoms with van der Waals surface area (Å²) in [5.74, 6) is 6.16. The van der Waals surface area contributed by atoms with Crippen LogP contribution in [-0.2, 0) is 13.0 Å². The lowest BCUT2D eigenvalue weighted by molar-refractivity contribution is 0.802. The molecule has 0 aliphatic heterocycles. The molecule has 3 aromatic rings. The fourth-order valence-corrected chi connectivity index (χ4v) is 3.15. The summed E-state index contributed by atoms with van der Waals surface area (Å²) in [6.07, 6.45) is 4.12. The van der Waals surface area contributed by atoms with Crippen LogP contribution >= 0.6 is 34.5 Å². The van der Waals surface area contributed by atoms with Gasteiger partial charge in [0.25, 0.3) is 0 Å². The Bertz CT molecular complexity index is 870. The number of halogens is 2. The van der Waals surface area contributed by atoms with Crippen LogP contribution in [0.4, 0.5) is 0 Å². The Hall–Kier alpha value is -1.89. The highest BCUT2D eigenvalue weighted by molar-refractivity contribution is 7.15. The zero-order valence-electron chi connectivity index (χ0n) is 12.0. The van der Waals surface area contributed by atoms with Crippen molar-refractivity contribution < 1.29 is 0 Å². The average Bonchev–Trinajstić information content (AvgIpc) is 2.95. The van der Waals surface area contributed by atoms with Crippen LogP contribution in [0.15, 0.2) is 47.7 Å². The van der Waals surface area contributed by atoms with Gasteiger partial charge in [0.05, 0.1) is 6.54 Å². The highest BCUT2D eigenvalue weighted by Crippen LogP contribution is 2.20. The first-order valence-electron chi connectivity index (χ1n) is 6.79. The number of aromatic nitrogens is 3. The van der Waals surface area contributed by atoms with E-state index < -0.39 is 0 Å². The maximum Gasteiger partial charge on any atom is 0.183 e. The van der Waals surface area contributed by atoms with Crippen molar-refractivity contribution in [2.45, 2.75) is 13.0 Å². The molecule has 23 heavy (non-hydrogen) atoms. The first kappa shape index (κ1) is 16.0. The predicted octanol–water partition coefficient (Wildman–Crippen LogP) is 3.05. The van der Waals surface area contributed by atoms with E-state index in [0.717, 1.165) is 16.1 Å². The van der Waals surface area contributed by atoms with Crippen molar-refractivity contribution in [3.8, 4) is 0 Å². The molecule has 0 radical (unpaired) electrons. The van der Waals surface area contributed by atoms with Crippen LogP contribution in [0.1, 0.15) is 16.1 Å². The predicted molar refractivity (Wildman–Crippen MR) is 93.0 cm³/mol. The zero-order chi connectivity index (χ0) is 16.2. The minimum atomic E-state index is 0.466. The highest BCUT2D eigenvalue weighted by atomic mass is 35.5. The Morgan fingerprint density at radius 1 is 1.13 bits per heavy atom. The number of nitrogens with two attached hydrogens (primary N) is 1. The van der Waals surface area contributed by atoms with Gasteiger partial charge in [-0.25, -0.2) is 14.6 Å². The van der Waals surface area contributed by atoms with Crippen LogP contribution in [0, 0.1) is 0 Å². The molecule has 8 heteroatoms. The van der Waals surface area contributed by atoms with E-state index in [-0.39, 0.29) is 0 Å². The molecule has 0 amide bonds. The van der Waals surface area contributed by atoms with Crippen molar-refractivity contribution in [2.75, 3.05) is 5.84 Å². The molecule has 0 aliphatic carbocycles. The lowest BCUT2D eigenvalue weighted by atomic mass is 10.2. The smallest absolute Gasteiger partial charge is 0.183 e. The van der Waals surface area contributed by atoms with Gasteiger partial charge in [-0.3, -0.25) is 4.99 Å². The number of hydrogen-bond acceptors (Lipinski definition) is 5. The Morgan fingerprint density at radius 3 is 2.70 bits per heavy atom. The van der Waals surface area contributed by atoms with Gasteiger partial charge in [-0.2, -0.15) is 0 Å². The molecule has 0 atom stereocenters. The third-order valence-electron chi connectivity index (χ3n) is 3.18. The first-order chi connectivity index (χ1) is 11.1. The molecule has 0 spiro atoms. The van der Waals surface area contributed by atoms with Gasteiger partial charge in [0.2, 0.25) is 0 Å². The van der Waals surface area contributed by atoms with Gasteiger partial charge in [-0.15, -0.1) is 11.3 Å². The second-order valence-electron chi connectivity index (χ2n) is 4.81. The van der Waals surface area contributed by atoms with Crippen molar-refractivity contribution in [3.63, 3.8) is 0 Å². The van der Waals surface area contributed by atoms with E-state index in [0.29, 0.717) is 28.1 Å². The second-order valence-corrected chi connectivity index (χ2v) is 6.89. The number of nitrogens with zero attached hydrogens (tertiary/aromatic N) is 4. The van der Waals surface area contributed by atoms with E-state index in [4.69, 9.17) is 29.0 Å². The summed E-state index contributed by atoms with van der Waals surface area (Å²) in [7, 11) is 0. The van der Waals surface area contributed by atoms with Crippen LogP contribution in [-0.4, -0.2) is 14.6 Å². The first-order valence-corrected chi connectivity index (χ1v) is 8.36. The molecule has 118 valence electrons. The lowest BCUT2D eigenvalue weighted by Crippen LogP contribution is -2.30. The van der Waals surface area contributed by atoms with Gasteiger partial charge in [0.1, 0.15) is 10.6 Å². The van der Waals surface area contributed by atoms with E-state index >= 15 is 0 Å². The van der Waals surface area contributed by atoms with E-state index in [2.05, 4.69) is 15.0 Å². The topological polar surface area (TPSA) is 69.1 Å². The molecule has 3 rings (SSSR count). The summed E-state index contributed by atoms with van der Waals surface area (Å²) in [6, 6.07) is 9.39. The molecule has 0 bridgehead atoms. The molecule has 0 unspecified atom stereocenters. The molecule has 0 aliphatic rings. The Kier molecular flexibility index (Phi) is 4.95. The lowest BCUT2D eigenvalue weighted by Gasteiger charge is -2.08. The van der Waals surface area contributed by atoms with Crippen molar-refractivity contribution in [1.82, 2.24) is 14.6 Å². The van der Waals surface area contributed by atoms with Crippen LogP contribution in [0.5, 0.6) is 0 Å². The molecule has 0 saturated heterocycles. The second kappa shape index (κ2) is 7.12. The van der Waals surface area contributed by atoms with Gasteiger partial charge in [-0.05, 0) is 23.8 Å². The summed E-state index contributed by atoms with van der Waals surface area (Å²) in [5.41, 5.74) is 2.59. The number of nitrogen functional groups attached to an aromatic ring is 1. The van der Waals surface area contributed by atoms with E-state index in [1.165, 1.54) is 11.3 Å². The van der Waals surface area contributed by atoms with Crippen LogP contribution in [0.2, 0.25) is 9.62 Å². The van der Waals surface area contributed by atoms with Crippen molar-refractivity contribution in [1.29, 1.82) is 0 Å². The Labute approximate surface area is 147 Å². The van der Waals surface area contributed by atoms with Gasteiger partial charge in [0, 0.05) is 29.4 Å². The summed E-state index contributed by atoms with van der Waals surface area (Å²) in [5, 5.41) is 0.466. The van der Waals surface area contributed by atoms with E-state index in [9.17, 15) is 0 Å². The Morgan fingerprint density at radius 2 is 2.00 bits per heavy atom. The van der Waals surface area contributed by atoms with Crippen molar-refractivity contribution in [2.24, 2.45) is 4.99 Å². The maximum atomic E-state index is 6.16. The third kappa shape index (κ3) is 4.10. The van der Waals surface area contributed by atoms with E-state index in [1.807, 2.05) is 24.3 Å². The average molecular weight is 366 g/mol. The van der Waals surface area contributed by atoms with Crippen LogP contribution in [0.25, 0.3) is 0 Å². The molecular weight excluding hydrogens is 353 g/mol. The minimum Gasteiger partial charge on any atom is -0.338 e. The minimum absolute atomic E-state index is 0.466. The number of thiazole rings is 1. The third-order valence-corrected chi connectivity index (χ3v) is 4.52. The fraction of sp³-hybridized carbons (Fsp3) is 0.133. The highest BCUT2D eigenvalue weighted by Gasteiger charge is 2.04. The van der Waals surface area contributed by atoms with Gasteiger partial charge < -0.3 is 5.84 Å². The number of pyridine rings is 2. The molecule has 0 aromatic carbocycles. The SMILES string of the molecule is Nn1c(Cc2cnc(Cl)s2)cccc1=NCc1ccc(Cl)nc1. The molecule has 5 nitrogen and oxygen atoms in total. The summed E-state index contributed by atoms with van der Waals surface area (Å²) in [4.78, 5) is 13.7. The molecule has 3 heterocycles. The molecule has 0 saturated carbocycles. The standard InChI is InChI=1S/C15H13Cl2N5S/c16-13-5-4-10(7-19-13)8-20-14-3-1-2-11(22(14)18)6-12-9-21-15(17)23-12/h1-5,7,9H,6,8,18H2. The molecule has 2 N–H and O–H groups in total. The molecular formula is C15H13Cl2N5S. The van der Waals surface area contributed by atoms with Crippen LogP contribution in [0.3, 0.4) is 0 Å². The largest absolute Gasteiger partial charge is 0.338 e. The van der Waals surface area contributed by atoms with Crippen molar-refractivity contribution in [3.05, 3.63) is 74.0 Å². The van der Waals surface area contributed by atoms with Gasteiger partial charge >= 0.3 is 0 Å². The van der Waals surface area contributed by atoms with E-state index in [1.54, 1.807) is 23.1 Å². The molecule has 3 aromatic heterocycles. The Balaban J connectivity index is 1.83. The number of rotatable bonds is 4. The van der Waals surface area contributed by atoms with Gasteiger partial charge in [-0.1, -0.05) is 35.3 Å². The number of hydrogen-bond donors (Lipinski definition) is 1. The zero-order valence-corrected chi connectivity index (χ0v) is 14.3. The normalized spacial score (nSPS) is 11.8. The fourth-order valence-electron chi connectivity index (χ4n) is 2.04. The quantitative estimate of drug-likeness (QED) is 0.570. The van der Waals surface area contributed by atoms with Crippen LogP contribution < -0.4 is 11.3 Å². The van der Waals surface area contributed by atoms with Gasteiger partial charge in [0.15, 0.2) is 4.47 Å². The van der Waals surface area contributed by atoms with Crippen molar-refractivity contribution >= 4 is 34.5 Å². The summed E-state index contributed by atoms with van der Waals surface area (Å²) < 4.78 is 2.11. The summed E-state index contributed by atoms with van der Waals surface area (Å²) in [6.45, 7) is 0.483. The monoisotopic (exact) mass is 365 g/mol.